The van der Waals surface area contributed by atoms with E-state index in [-0.39, 0.29) is 0 Å². The molecule has 1 aromatic carbocycles. The smallest absolute Gasteiger partial charge is 0.217 e. The van der Waals surface area contributed by atoms with Gasteiger partial charge in [0.15, 0.2) is 5.82 Å². The Bertz CT molecular complexity index is 789. The molecule has 0 amide bonds. The van der Waals surface area contributed by atoms with Gasteiger partial charge >= 0.3 is 0 Å². The Hall–Kier alpha value is -2.64. The van der Waals surface area contributed by atoms with Crippen LogP contribution in [-0.2, 0) is 0 Å². The highest BCUT2D eigenvalue weighted by molar-refractivity contribution is 5.80. The number of aryl methyl sites for hydroxylation is 1. The summed E-state index contributed by atoms with van der Waals surface area (Å²) >= 11 is 0. The third kappa shape index (κ3) is 7.36. The second-order valence-electron chi connectivity index (χ2n) is 7.23. The van der Waals surface area contributed by atoms with Gasteiger partial charge in [0.25, 0.3) is 0 Å². The minimum absolute atomic E-state index is 0.606. The van der Waals surface area contributed by atoms with Crippen LogP contribution in [-0.4, -0.2) is 62.0 Å². The monoisotopic (exact) mass is 396 g/mol. The van der Waals surface area contributed by atoms with Crippen LogP contribution in [0.25, 0.3) is 0 Å². The molecule has 0 aliphatic carbocycles. The molecule has 0 bridgehead atoms. The maximum atomic E-state index is 5.95. The molecular weight excluding hydrogens is 364 g/mol. The van der Waals surface area contributed by atoms with Gasteiger partial charge in [0.2, 0.25) is 5.88 Å². The van der Waals surface area contributed by atoms with Crippen LogP contribution in [0.15, 0.2) is 41.5 Å². The molecule has 1 aliphatic rings. The van der Waals surface area contributed by atoms with E-state index >= 15 is 0 Å². The highest BCUT2D eigenvalue weighted by Gasteiger charge is 2.10. The van der Waals surface area contributed by atoms with Crippen molar-refractivity contribution in [2.45, 2.75) is 20.3 Å². The van der Waals surface area contributed by atoms with Gasteiger partial charge < -0.3 is 15.4 Å². The highest BCUT2D eigenvalue weighted by Crippen LogP contribution is 2.20. The number of hydrogen-bond donors (Lipinski definition) is 3. The number of rotatable bonds is 10. The molecule has 3 N–H and O–H groups in total. The molecule has 2 aromatic rings. The second kappa shape index (κ2) is 11.4. The number of nitrogens with one attached hydrogen (secondary N) is 3. The highest BCUT2D eigenvalue weighted by atomic mass is 16.5. The number of hydrazone groups is 1. The van der Waals surface area contributed by atoms with E-state index in [1.165, 1.54) is 5.56 Å². The Kier molecular flexibility index (Phi) is 8.27. The third-order valence-corrected chi connectivity index (χ3v) is 4.68. The summed E-state index contributed by atoms with van der Waals surface area (Å²) in [6.45, 7) is 10.9. The standard InChI is InChI=1S/C22H32N6O/c1-3-7-24-20-15-21(27-25-17-19-6-4-5-18(2)14-19)26-22(16-20)29-13-12-28-10-8-23-9-11-28/h4-6,14-17,23H,3,7-13H2,1-2H3,(H2,24,26,27)/b25-17+. The third-order valence-electron chi connectivity index (χ3n) is 4.68. The molecule has 0 saturated carbocycles. The van der Waals surface area contributed by atoms with Crippen LogP contribution in [0, 0.1) is 6.92 Å². The van der Waals surface area contributed by atoms with E-state index in [4.69, 9.17) is 4.74 Å². The van der Waals surface area contributed by atoms with Gasteiger partial charge in [-0.1, -0.05) is 36.8 Å². The van der Waals surface area contributed by atoms with E-state index in [1.54, 1.807) is 6.21 Å². The topological polar surface area (TPSA) is 73.8 Å². The second-order valence-corrected chi connectivity index (χ2v) is 7.23. The van der Waals surface area contributed by atoms with Crippen molar-refractivity contribution in [1.82, 2.24) is 15.2 Å². The van der Waals surface area contributed by atoms with Crippen molar-refractivity contribution in [3.63, 3.8) is 0 Å². The number of aromatic nitrogens is 1. The number of anilines is 2. The van der Waals surface area contributed by atoms with Gasteiger partial charge in [-0.05, 0) is 18.9 Å². The first kappa shape index (κ1) is 21.1. The average molecular weight is 397 g/mol. The van der Waals surface area contributed by atoms with Crippen LogP contribution in [0.2, 0.25) is 0 Å². The number of piperazine rings is 1. The SMILES string of the molecule is CCCNc1cc(N/N=C/c2cccc(C)c2)nc(OCCN2CCNCC2)c1. The Morgan fingerprint density at radius 1 is 1.24 bits per heavy atom. The average Bonchev–Trinajstić information content (AvgIpc) is 2.73. The Morgan fingerprint density at radius 2 is 2.10 bits per heavy atom. The molecule has 0 unspecified atom stereocenters. The molecule has 29 heavy (non-hydrogen) atoms. The summed E-state index contributed by atoms with van der Waals surface area (Å²) in [6.07, 6.45) is 2.85. The Balaban J connectivity index is 1.61. The summed E-state index contributed by atoms with van der Waals surface area (Å²) in [4.78, 5) is 6.96. The first-order chi connectivity index (χ1) is 14.2. The minimum atomic E-state index is 0.606. The lowest BCUT2D eigenvalue weighted by molar-refractivity contribution is 0.188. The van der Waals surface area contributed by atoms with Crippen LogP contribution in [0.5, 0.6) is 5.88 Å². The molecule has 7 nitrogen and oxygen atoms in total. The molecule has 3 rings (SSSR count). The molecule has 0 radical (unpaired) electrons. The van der Waals surface area contributed by atoms with Crippen LogP contribution < -0.4 is 20.8 Å². The molecule has 1 aliphatic heterocycles. The van der Waals surface area contributed by atoms with Crippen molar-refractivity contribution in [1.29, 1.82) is 0 Å². The Labute approximate surface area is 173 Å². The van der Waals surface area contributed by atoms with Crippen molar-refractivity contribution in [2.24, 2.45) is 5.10 Å². The largest absolute Gasteiger partial charge is 0.476 e. The fourth-order valence-electron chi connectivity index (χ4n) is 3.15. The minimum Gasteiger partial charge on any atom is -0.476 e. The lowest BCUT2D eigenvalue weighted by Gasteiger charge is -2.26. The summed E-state index contributed by atoms with van der Waals surface area (Å²) in [5.74, 6) is 1.27. The molecule has 7 heteroatoms. The summed E-state index contributed by atoms with van der Waals surface area (Å²) < 4.78 is 5.95. The molecule has 2 heterocycles. The van der Waals surface area contributed by atoms with E-state index in [0.29, 0.717) is 18.3 Å². The molecular formula is C22H32N6O. The predicted octanol–water partition coefficient (Wildman–Crippen LogP) is 2.94. The fraction of sp³-hybridized carbons (Fsp3) is 0.455. The molecule has 1 saturated heterocycles. The van der Waals surface area contributed by atoms with Crippen LogP contribution >= 0.6 is 0 Å². The van der Waals surface area contributed by atoms with E-state index in [1.807, 2.05) is 24.3 Å². The zero-order valence-corrected chi connectivity index (χ0v) is 17.4. The number of nitrogens with zero attached hydrogens (tertiary/aromatic N) is 3. The summed E-state index contributed by atoms with van der Waals surface area (Å²) in [7, 11) is 0. The summed E-state index contributed by atoms with van der Waals surface area (Å²) in [5, 5.41) is 11.1. The van der Waals surface area contributed by atoms with E-state index in [9.17, 15) is 0 Å². The van der Waals surface area contributed by atoms with Gasteiger partial charge in [0.05, 0.1) is 6.21 Å². The van der Waals surface area contributed by atoms with E-state index in [2.05, 4.69) is 57.0 Å². The molecule has 0 atom stereocenters. The number of ether oxygens (including phenoxy) is 1. The van der Waals surface area contributed by atoms with Crippen LogP contribution in [0.4, 0.5) is 11.5 Å². The number of pyridine rings is 1. The summed E-state index contributed by atoms with van der Waals surface area (Å²) in [5.41, 5.74) is 6.26. The maximum Gasteiger partial charge on any atom is 0.217 e. The Morgan fingerprint density at radius 3 is 2.90 bits per heavy atom. The van der Waals surface area contributed by atoms with Gasteiger partial charge in [-0.3, -0.25) is 10.3 Å². The van der Waals surface area contributed by atoms with Crippen LogP contribution in [0.1, 0.15) is 24.5 Å². The van der Waals surface area contributed by atoms with Crippen molar-refractivity contribution in [3.8, 4) is 5.88 Å². The first-order valence-corrected chi connectivity index (χ1v) is 10.4. The van der Waals surface area contributed by atoms with E-state index in [0.717, 1.165) is 56.9 Å². The van der Waals surface area contributed by atoms with Gasteiger partial charge in [0.1, 0.15) is 6.61 Å². The van der Waals surface area contributed by atoms with Gasteiger partial charge in [-0.25, -0.2) is 0 Å². The fourth-order valence-corrected chi connectivity index (χ4v) is 3.15. The zero-order valence-electron chi connectivity index (χ0n) is 17.4. The molecule has 156 valence electrons. The molecule has 1 aromatic heterocycles. The van der Waals surface area contributed by atoms with Gasteiger partial charge in [0, 0.05) is 57.1 Å². The van der Waals surface area contributed by atoms with Crippen LogP contribution in [0.3, 0.4) is 0 Å². The van der Waals surface area contributed by atoms with E-state index < -0.39 is 0 Å². The van der Waals surface area contributed by atoms with Crippen molar-refractivity contribution >= 4 is 17.7 Å². The van der Waals surface area contributed by atoms with Crippen molar-refractivity contribution in [3.05, 3.63) is 47.5 Å². The van der Waals surface area contributed by atoms with Crippen molar-refractivity contribution < 1.29 is 4.74 Å². The quantitative estimate of drug-likeness (QED) is 0.424. The maximum absolute atomic E-state index is 5.95. The predicted molar refractivity (Wildman–Crippen MR) is 120 cm³/mol. The number of hydrogen-bond acceptors (Lipinski definition) is 7. The molecule has 1 fully saturated rings. The summed E-state index contributed by atoms with van der Waals surface area (Å²) in [6, 6.07) is 12.1. The zero-order chi connectivity index (χ0) is 20.3. The first-order valence-electron chi connectivity index (χ1n) is 10.4. The number of benzene rings is 1. The normalized spacial score (nSPS) is 14.8. The van der Waals surface area contributed by atoms with Gasteiger partial charge in [-0.15, -0.1) is 0 Å². The lowest BCUT2D eigenvalue weighted by atomic mass is 10.2. The van der Waals surface area contributed by atoms with Gasteiger partial charge in [-0.2, -0.15) is 10.1 Å². The molecule has 0 spiro atoms. The van der Waals surface area contributed by atoms with Crippen molar-refractivity contribution in [2.75, 3.05) is 56.6 Å². The lowest BCUT2D eigenvalue weighted by Crippen LogP contribution is -2.44.